The zero-order chi connectivity index (χ0) is 13.0. The highest BCUT2D eigenvalue weighted by molar-refractivity contribution is 7.98. The van der Waals surface area contributed by atoms with Gasteiger partial charge in [0.25, 0.3) is 0 Å². The summed E-state index contributed by atoms with van der Waals surface area (Å²) in [6.07, 6.45) is 0. The van der Waals surface area contributed by atoms with Crippen LogP contribution in [0.25, 0.3) is 0 Å². The predicted molar refractivity (Wildman–Crippen MR) is 70.0 cm³/mol. The van der Waals surface area contributed by atoms with Gasteiger partial charge in [-0.2, -0.15) is 0 Å². The molecule has 0 aliphatic rings. The summed E-state index contributed by atoms with van der Waals surface area (Å²) in [7, 11) is 0. The third kappa shape index (κ3) is 3.45. The molecule has 1 aromatic heterocycles. The second-order valence-electron chi connectivity index (χ2n) is 3.48. The number of halogens is 1. The number of aromatic carboxylic acids is 1. The number of carboxylic acid groups (broad SMARTS) is 1. The fraction of sp³-hybridized carbons (Fsp3) is 0.0833. The van der Waals surface area contributed by atoms with E-state index < -0.39 is 5.97 Å². The largest absolute Gasteiger partial charge is 0.476 e. The molecule has 1 aromatic carbocycles. The highest BCUT2D eigenvalue weighted by atomic mass is 35.5. The quantitative estimate of drug-likeness (QED) is 0.872. The third-order valence-corrected chi connectivity index (χ3v) is 3.40. The van der Waals surface area contributed by atoms with Crippen LogP contribution in [0.2, 0.25) is 5.02 Å². The van der Waals surface area contributed by atoms with Gasteiger partial charge in [0.1, 0.15) is 5.03 Å². The molecule has 1 heterocycles. The number of rotatable bonds is 4. The number of carbonyl (C=O) groups is 1. The van der Waals surface area contributed by atoms with Crippen LogP contribution in [0.15, 0.2) is 41.4 Å². The minimum absolute atomic E-state index is 0.0501. The molecule has 92 valence electrons. The Bertz CT molecular complexity index is 543. The predicted octanol–water partition coefficient (Wildman–Crippen LogP) is 3.12. The lowest BCUT2D eigenvalue weighted by Crippen LogP contribution is -2.01. The van der Waals surface area contributed by atoms with E-state index in [0.717, 1.165) is 11.3 Å². The number of carboxylic acids is 1. The lowest BCUT2D eigenvalue weighted by molar-refractivity contribution is 0.0689. The first kappa shape index (κ1) is 12.9. The molecular formula is C12H9ClN2O2S. The Morgan fingerprint density at radius 1 is 1.17 bits per heavy atom. The molecule has 0 aliphatic carbocycles. The zero-order valence-corrected chi connectivity index (χ0v) is 10.8. The highest BCUT2D eigenvalue weighted by Gasteiger charge is 2.05. The highest BCUT2D eigenvalue weighted by Crippen LogP contribution is 2.21. The molecule has 0 fully saturated rings. The summed E-state index contributed by atoms with van der Waals surface area (Å²) in [6.45, 7) is 0. The normalized spacial score (nSPS) is 10.3. The topological polar surface area (TPSA) is 63.1 Å². The van der Waals surface area contributed by atoms with Crippen molar-refractivity contribution < 1.29 is 9.90 Å². The summed E-state index contributed by atoms with van der Waals surface area (Å²) in [5.41, 5.74) is 1.07. The molecule has 0 saturated carbocycles. The smallest absolute Gasteiger partial charge is 0.356 e. The van der Waals surface area contributed by atoms with Gasteiger partial charge in [-0.25, -0.2) is 4.79 Å². The Kier molecular flexibility index (Phi) is 4.17. The van der Waals surface area contributed by atoms with Crippen molar-refractivity contribution in [3.8, 4) is 0 Å². The van der Waals surface area contributed by atoms with Crippen molar-refractivity contribution in [1.29, 1.82) is 0 Å². The second-order valence-corrected chi connectivity index (χ2v) is 4.91. The first-order valence-corrected chi connectivity index (χ1v) is 6.46. The first-order chi connectivity index (χ1) is 8.65. The van der Waals surface area contributed by atoms with Gasteiger partial charge in [-0.15, -0.1) is 10.2 Å². The van der Waals surface area contributed by atoms with E-state index in [-0.39, 0.29) is 5.69 Å². The molecule has 0 amide bonds. The molecule has 0 atom stereocenters. The summed E-state index contributed by atoms with van der Waals surface area (Å²) in [5, 5.41) is 17.5. The number of hydrogen-bond acceptors (Lipinski definition) is 4. The van der Waals surface area contributed by atoms with Crippen molar-refractivity contribution in [2.24, 2.45) is 0 Å². The first-order valence-electron chi connectivity index (χ1n) is 5.09. The summed E-state index contributed by atoms with van der Waals surface area (Å²) >= 11 is 7.28. The average Bonchev–Trinajstić information content (AvgIpc) is 2.38. The summed E-state index contributed by atoms with van der Waals surface area (Å²) in [4.78, 5) is 10.6. The maximum atomic E-state index is 10.6. The van der Waals surface area contributed by atoms with Crippen LogP contribution in [0.5, 0.6) is 0 Å². The molecule has 0 radical (unpaired) electrons. The SMILES string of the molecule is O=C(O)c1ccc(SCc2ccc(Cl)cc2)nn1. The van der Waals surface area contributed by atoms with Gasteiger partial charge in [-0.1, -0.05) is 35.5 Å². The van der Waals surface area contributed by atoms with Gasteiger partial charge in [0, 0.05) is 10.8 Å². The maximum Gasteiger partial charge on any atom is 0.356 e. The van der Waals surface area contributed by atoms with E-state index in [1.165, 1.54) is 17.8 Å². The van der Waals surface area contributed by atoms with Crippen molar-refractivity contribution >= 4 is 29.3 Å². The van der Waals surface area contributed by atoms with Crippen molar-refractivity contribution in [1.82, 2.24) is 10.2 Å². The molecule has 2 rings (SSSR count). The number of nitrogens with zero attached hydrogens (tertiary/aromatic N) is 2. The summed E-state index contributed by atoms with van der Waals surface area (Å²) in [6, 6.07) is 10.6. The molecule has 0 unspecified atom stereocenters. The standard InChI is InChI=1S/C12H9ClN2O2S/c13-9-3-1-8(2-4-9)7-18-11-6-5-10(12(16)17)14-15-11/h1-6H,7H2,(H,16,17). The fourth-order valence-corrected chi connectivity index (χ4v) is 2.14. The van der Waals surface area contributed by atoms with E-state index in [1.807, 2.05) is 24.3 Å². The van der Waals surface area contributed by atoms with Crippen molar-refractivity contribution in [3.05, 3.63) is 52.7 Å². The number of benzene rings is 1. The lowest BCUT2D eigenvalue weighted by Gasteiger charge is -2.01. The maximum absolute atomic E-state index is 10.6. The van der Waals surface area contributed by atoms with Crippen LogP contribution >= 0.6 is 23.4 Å². The lowest BCUT2D eigenvalue weighted by atomic mass is 10.2. The van der Waals surface area contributed by atoms with E-state index >= 15 is 0 Å². The van der Waals surface area contributed by atoms with E-state index in [9.17, 15) is 4.79 Å². The molecule has 6 heteroatoms. The van der Waals surface area contributed by atoms with Gasteiger partial charge in [0.05, 0.1) is 0 Å². The Morgan fingerprint density at radius 3 is 2.44 bits per heavy atom. The zero-order valence-electron chi connectivity index (χ0n) is 9.21. The number of aromatic nitrogens is 2. The Morgan fingerprint density at radius 2 is 1.89 bits per heavy atom. The minimum Gasteiger partial charge on any atom is -0.476 e. The van der Waals surface area contributed by atoms with E-state index in [2.05, 4.69) is 10.2 Å². The second kappa shape index (κ2) is 5.84. The number of hydrogen-bond donors (Lipinski definition) is 1. The minimum atomic E-state index is -1.07. The average molecular weight is 281 g/mol. The molecule has 2 aromatic rings. The van der Waals surface area contributed by atoms with Gasteiger partial charge in [0.15, 0.2) is 5.69 Å². The van der Waals surface area contributed by atoms with Gasteiger partial charge >= 0.3 is 5.97 Å². The monoisotopic (exact) mass is 280 g/mol. The fourth-order valence-electron chi connectivity index (χ4n) is 1.25. The van der Waals surface area contributed by atoms with E-state index in [1.54, 1.807) is 6.07 Å². The van der Waals surface area contributed by atoms with Gasteiger partial charge in [-0.05, 0) is 29.8 Å². The number of thioether (sulfide) groups is 1. The molecule has 18 heavy (non-hydrogen) atoms. The Hall–Kier alpha value is -1.59. The van der Waals surface area contributed by atoms with Crippen molar-refractivity contribution in [2.45, 2.75) is 10.8 Å². The van der Waals surface area contributed by atoms with Crippen LogP contribution in [-0.4, -0.2) is 21.3 Å². The van der Waals surface area contributed by atoms with Crippen molar-refractivity contribution in [3.63, 3.8) is 0 Å². The van der Waals surface area contributed by atoms with Gasteiger partial charge in [0.2, 0.25) is 0 Å². The molecular weight excluding hydrogens is 272 g/mol. The van der Waals surface area contributed by atoms with Crippen molar-refractivity contribution in [2.75, 3.05) is 0 Å². The Balaban J connectivity index is 1.97. The molecule has 4 nitrogen and oxygen atoms in total. The molecule has 0 saturated heterocycles. The summed E-state index contributed by atoms with van der Waals surface area (Å²) < 4.78 is 0. The van der Waals surface area contributed by atoms with Gasteiger partial charge < -0.3 is 5.11 Å². The summed E-state index contributed by atoms with van der Waals surface area (Å²) in [5.74, 6) is -0.338. The van der Waals surface area contributed by atoms with E-state index in [4.69, 9.17) is 16.7 Å². The Labute approximate surface area is 113 Å². The molecule has 0 bridgehead atoms. The molecule has 0 spiro atoms. The third-order valence-electron chi connectivity index (χ3n) is 2.16. The van der Waals surface area contributed by atoms with Crippen LogP contribution in [0.4, 0.5) is 0 Å². The molecule has 1 N–H and O–H groups in total. The van der Waals surface area contributed by atoms with Crippen LogP contribution < -0.4 is 0 Å². The van der Waals surface area contributed by atoms with Crippen LogP contribution in [0.3, 0.4) is 0 Å². The van der Waals surface area contributed by atoms with Crippen LogP contribution in [0.1, 0.15) is 16.1 Å². The van der Waals surface area contributed by atoms with Crippen LogP contribution in [0, 0.1) is 0 Å². The van der Waals surface area contributed by atoms with Gasteiger partial charge in [-0.3, -0.25) is 0 Å². The van der Waals surface area contributed by atoms with E-state index in [0.29, 0.717) is 10.0 Å². The van der Waals surface area contributed by atoms with Crippen LogP contribution in [-0.2, 0) is 5.75 Å². The molecule has 0 aliphatic heterocycles.